The summed E-state index contributed by atoms with van der Waals surface area (Å²) in [6, 6.07) is 46.2. The fourth-order valence-corrected chi connectivity index (χ4v) is 11.6. The Morgan fingerprint density at radius 1 is 0.686 bits per heavy atom. The number of ether oxygens (including phenoxy) is 1. The van der Waals surface area contributed by atoms with Crippen molar-refractivity contribution < 1.29 is 18.8 Å². The maximum absolute atomic E-state index is 14.4. The largest absolute Gasteiger partial charge is 0.452 e. The number of aryl methyl sites for hydroxylation is 1. The minimum absolute atomic E-state index is 0.181. The van der Waals surface area contributed by atoms with Gasteiger partial charge in [-0.3, -0.25) is 4.79 Å². The van der Waals surface area contributed by atoms with Gasteiger partial charge < -0.3 is 20.6 Å². The van der Waals surface area contributed by atoms with Gasteiger partial charge in [-0.05, 0) is 51.0 Å². The molecule has 0 radical (unpaired) electrons. The van der Waals surface area contributed by atoms with Gasteiger partial charge in [0, 0.05) is 18.6 Å². The highest BCUT2D eigenvalue weighted by molar-refractivity contribution is 6.99. The lowest BCUT2D eigenvalue weighted by atomic mass is 9.84. The van der Waals surface area contributed by atoms with Crippen LogP contribution in [0.15, 0.2) is 146 Å². The van der Waals surface area contributed by atoms with Crippen molar-refractivity contribution in [3.63, 3.8) is 0 Å². The van der Waals surface area contributed by atoms with Crippen molar-refractivity contribution in [2.45, 2.75) is 56.7 Å². The van der Waals surface area contributed by atoms with Gasteiger partial charge in [-0.15, -0.1) is 0 Å². The fourth-order valence-electron chi connectivity index (χ4n) is 6.98. The summed E-state index contributed by atoms with van der Waals surface area (Å²) in [6.45, 7) is 7.06. The quantitative estimate of drug-likeness (QED) is 0.131. The topological polar surface area (TPSA) is 108 Å². The second kappa shape index (κ2) is 16.9. The Morgan fingerprint density at radius 3 is 1.61 bits per heavy atom. The van der Waals surface area contributed by atoms with Gasteiger partial charge in [-0.25, -0.2) is 9.69 Å². The van der Waals surface area contributed by atoms with E-state index in [0.717, 1.165) is 21.6 Å². The van der Waals surface area contributed by atoms with Gasteiger partial charge in [0.05, 0.1) is 18.8 Å². The van der Waals surface area contributed by atoms with Crippen molar-refractivity contribution in [3.8, 4) is 0 Å². The van der Waals surface area contributed by atoms with E-state index in [1.54, 1.807) is 12.1 Å². The Kier molecular flexibility index (Phi) is 12.4. The Hall–Kier alpha value is -4.86. The van der Waals surface area contributed by atoms with Crippen LogP contribution in [-0.4, -0.2) is 46.1 Å². The van der Waals surface area contributed by atoms with Gasteiger partial charge in [0.15, 0.2) is 0 Å². The molecule has 2 amide bonds. The lowest BCUT2D eigenvalue weighted by Crippen LogP contribution is -2.67. The summed E-state index contributed by atoms with van der Waals surface area (Å²) < 4.78 is 12.3. The zero-order chi connectivity index (χ0) is 36.4. The van der Waals surface area contributed by atoms with Crippen LogP contribution in [0.3, 0.4) is 0 Å². The highest BCUT2D eigenvalue weighted by Crippen LogP contribution is 2.37. The van der Waals surface area contributed by atoms with Gasteiger partial charge >= 0.3 is 6.09 Å². The molecule has 5 aromatic carbocycles. The molecule has 0 saturated heterocycles. The third-order valence-corrected chi connectivity index (χ3v) is 14.5. The lowest BCUT2D eigenvalue weighted by Gasteiger charge is -2.43. The van der Waals surface area contributed by atoms with Crippen molar-refractivity contribution in [2.75, 3.05) is 18.6 Å². The molecule has 264 valence electrons. The van der Waals surface area contributed by atoms with E-state index >= 15 is 0 Å². The molecule has 4 N–H and O–H groups in total. The first-order valence-electron chi connectivity index (χ1n) is 17.4. The number of anilines is 1. The van der Waals surface area contributed by atoms with Crippen LogP contribution < -0.4 is 26.7 Å². The van der Waals surface area contributed by atoms with Crippen LogP contribution >= 0.6 is 0 Å². The number of hydrogen-bond acceptors (Lipinski definition) is 6. The first-order valence-corrected chi connectivity index (χ1v) is 19.3. The molecule has 2 atom stereocenters. The zero-order valence-electron chi connectivity index (χ0n) is 29.9. The third-order valence-electron chi connectivity index (χ3n) is 9.49. The van der Waals surface area contributed by atoms with Crippen molar-refractivity contribution in [1.82, 2.24) is 0 Å². The van der Waals surface area contributed by atoms with E-state index in [4.69, 9.17) is 20.6 Å². The smallest absolute Gasteiger partial charge is 0.420 e. The molecular formula is C43H49N3O4Si. The van der Waals surface area contributed by atoms with Crippen LogP contribution in [0.2, 0.25) is 5.04 Å². The second-order valence-electron chi connectivity index (χ2n) is 13.9. The number of benzene rings is 5. The van der Waals surface area contributed by atoms with Crippen molar-refractivity contribution in [2.24, 2.45) is 11.5 Å². The molecule has 51 heavy (non-hydrogen) atoms. The molecule has 0 heterocycles. The second-order valence-corrected chi connectivity index (χ2v) is 18.2. The molecule has 8 heteroatoms. The van der Waals surface area contributed by atoms with E-state index in [9.17, 15) is 9.59 Å². The van der Waals surface area contributed by atoms with E-state index < -0.39 is 32.3 Å². The van der Waals surface area contributed by atoms with Crippen LogP contribution in [0.5, 0.6) is 0 Å². The van der Waals surface area contributed by atoms with Crippen LogP contribution in [0.25, 0.3) is 0 Å². The molecule has 0 spiro atoms. The molecule has 0 unspecified atom stereocenters. The van der Waals surface area contributed by atoms with Crippen molar-refractivity contribution in [1.29, 1.82) is 0 Å². The zero-order valence-corrected chi connectivity index (χ0v) is 30.9. The normalized spacial score (nSPS) is 13.0. The highest BCUT2D eigenvalue weighted by Gasteiger charge is 2.50. The third kappa shape index (κ3) is 8.38. The van der Waals surface area contributed by atoms with Gasteiger partial charge in [0.2, 0.25) is 0 Å². The fraction of sp³-hybridized carbons (Fsp3) is 0.256. The SMILES string of the molecule is COC(=O)N(C(=O)[C@@H](N)C(c1ccccc1)c1ccccc1)c1ccccc1CC[C@H](N)CO[Si](c1ccccc1)(c1ccccc1)C(C)(C)C. The lowest BCUT2D eigenvalue weighted by molar-refractivity contribution is -0.119. The summed E-state index contributed by atoms with van der Waals surface area (Å²) in [7, 11) is -1.51. The number of amides is 2. The number of hydrogen-bond donors (Lipinski definition) is 2. The molecule has 0 saturated carbocycles. The maximum atomic E-state index is 14.4. The summed E-state index contributed by atoms with van der Waals surface area (Å²) in [5, 5.41) is 2.20. The Balaban J connectivity index is 1.40. The maximum Gasteiger partial charge on any atom is 0.420 e. The molecule has 5 rings (SSSR count). The minimum Gasteiger partial charge on any atom is -0.452 e. The Bertz CT molecular complexity index is 1770. The standard InChI is InChI=1S/C43H49N3O4Si/c1-43(2,3)51(36-24-13-7-14-25-36,37-26-15-8-16-27-37)50-31-35(44)30-29-32-19-17-18-28-38(32)46(42(48)49-4)41(47)40(45)39(33-20-9-5-10-21-33)34-22-11-6-12-23-34/h5-28,35,39-40H,29-31,44-45H2,1-4H3/t35-,40-/m0/s1. The van der Waals surface area contributed by atoms with E-state index in [2.05, 4.69) is 69.3 Å². The van der Waals surface area contributed by atoms with Crippen LogP contribution in [0.1, 0.15) is 49.8 Å². The molecule has 0 fully saturated rings. The number of carbonyl (C=O) groups is 2. The summed E-state index contributed by atoms with van der Waals surface area (Å²) in [6.07, 6.45) is 0.251. The first kappa shape index (κ1) is 37.4. The number of para-hydroxylation sites is 1. The molecule has 0 aromatic heterocycles. The monoisotopic (exact) mass is 699 g/mol. The molecule has 0 bridgehead atoms. The van der Waals surface area contributed by atoms with E-state index in [0.29, 0.717) is 25.1 Å². The highest BCUT2D eigenvalue weighted by atomic mass is 28.4. The molecule has 0 aliphatic heterocycles. The van der Waals surface area contributed by atoms with E-state index in [-0.39, 0.29) is 11.1 Å². The van der Waals surface area contributed by atoms with E-state index in [1.165, 1.54) is 17.5 Å². The number of imide groups is 1. The van der Waals surface area contributed by atoms with Crippen molar-refractivity contribution in [3.05, 3.63) is 162 Å². The number of rotatable bonds is 13. The van der Waals surface area contributed by atoms with Gasteiger partial charge in [0.25, 0.3) is 14.2 Å². The molecule has 0 aliphatic carbocycles. The summed E-state index contributed by atoms with van der Waals surface area (Å²) in [5.41, 5.74) is 16.6. The average molecular weight is 700 g/mol. The van der Waals surface area contributed by atoms with Crippen LogP contribution in [0.4, 0.5) is 10.5 Å². The van der Waals surface area contributed by atoms with Gasteiger partial charge in [0.1, 0.15) is 0 Å². The molecule has 5 aromatic rings. The average Bonchev–Trinajstić information content (AvgIpc) is 3.16. The summed E-state index contributed by atoms with van der Waals surface area (Å²) in [4.78, 5) is 28.8. The Morgan fingerprint density at radius 2 is 1.14 bits per heavy atom. The summed E-state index contributed by atoms with van der Waals surface area (Å²) in [5.74, 6) is -1.06. The number of carbonyl (C=O) groups excluding carboxylic acids is 2. The number of nitrogens with two attached hydrogens (primary N) is 2. The van der Waals surface area contributed by atoms with Crippen LogP contribution in [-0.2, 0) is 20.4 Å². The van der Waals surface area contributed by atoms with Gasteiger partial charge in [-0.2, -0.15) is 0 Å². The number of methoxy groups -OCH3 is 1. The molecule has 0 aliphatic rings. The first-order chi connectivity index (χ1) is 24.6. The minimum atomic E-state index is -2.77. The predicted octanol–water partition coefficient (Wildman–Crippen LogP) is 6.78. The van der Waals surface area contributed by atoms with E-state index in [1.807, 2.05) is 84.9 Å². The molecule has 7 nitrogen and oxygen atoms in total. The van der Waals surface area contributed by atoms with Crippen molar-refractivity contribution >= 4 is 36.4 Å². The Labute approximate surface area is 303 Å². The van der Waals surface area contributed by atoms with Gasteiger partial charge in [-0.1, -0.05) is 160 Å². The predicted molar refractivity (Wildman–Crippen MR) is 209 cm³/mol. The summed E-state index contributed by atoms with van der Waals surface area (Å²) >= 11 is 0. The molecular weight excluding hydrogens is 651 g/mol. The number of nitrogens with zero attached hydrogens (tertiary/aromatic N) is 1. The van der Waals surface area contributed by atoms with Crippen LogP contribution in [0, 0.1) is 0 Å².